The monoisotopic (exact) mass is 290 g/mol. The number of nitrogens with zero attached hydrogens (tertiary/aromatic N) is 3. The molecule has 1 aromatic heterocycles. The minimum absolute atomic E-state index is 0.102. The predicted octanol–water partition coefficient (Wildman–Crippen LogP) is 3.19. The Morgan fingerprint density at radius 2 is 1.90 bits per heavy atom. The summed E-state index contributed by atoms with van der Waals surface area (Å²) in [6.45, 7) is 1.91. The predicted molar refractivity (Wildman–Crippen MR) is 82.8 cm³/mol. The van der Waals surface area contributed by atoms with Crippen molar-refractivity contribution in [2.75, 3.05) is 30.4 Å². The Hall–Kier alpha value is -1.85. The van der Waals surface area contributed by atoms with Crippen molar-refractivity contribution in [3.63, 3.8) is 0 Å². The SMILES string of the molecule is CNc1cc([N+](=O)[O-])cc(N2CCC3(CCCC3)CC2)n1. The summed E-state index contributed by atoms with van der Waals surface area (Å²) in [6, 6.07) is 3.07. The molecule has 1 saturated carbocycles. The Balaban J connectivity index is 1.78. The summed E-state index contributed by atoms with van der Waals surface area (Å²) in [4.78, 5) is 17.4. The average molecular weight is 290 g/mol. The van der Waals surface area contributed by atoms with Gasteiger partial charge in [0.25, 0.3) is 5.69 Å². The van der Waals surface area contributed by atoms with Crippen LogP contribution < -0.4 is 10.2 Å². The van der Waals surface area contributed by atoms with Gasteiger partial charge in [-0.3, -0.25) is 10.1 Å². The van der Waals surface area contributed by atoms with Gasteiger partial charge in [-0.25, -0.2) is 4.98 Å². The molecule has 6 nitrogen and oxygen atoms in total. The van der Waals surface area contributed by atoms with Crippen molar-refractivity contribution in [3.05, 3.63) is 22.2 Å². The smallest absolute Gasteiger partial charge is 0.276 e. The molecule has 6 heteroatoms. The lowest BCUT2D eigenvalue weighted by Gasteiger charge is -2.40. The van der Waals surface area contributed by atoms with Crippen molar-refractivity contribution in [2.45, 2.75) is 38.5 Å². The van der Waals surface area contributed by atoms with E-state index in [4.69, 9.17) is 0 Å². The van der Waals surface area contributed by atoms with E-state index < -0.39 is 0 Å². The van der Waals surface area contributed by atoms with E-state index >= 15 is 0 Å². The van der Waals surface area contributed by atoms with Crippen LogP contribution in [0.3, 0.4) is 0 Å². The van der Waals surface area contributed by atoms with Crippen LogP contribution in [0.4, 0.5) is 17.3 Å². The van der Waals surface area contributed by atoms with Crippen LogP contribution in [0.25, 0.3) is 0 Å². The van der Waals surface area contributed by atoms with Crippen LogP contribution in [0, 0.1) is 15.5 Å². The van der Waals surface area contributed by atoms with Gasteiger partial charge in [-0.2, -0.15) is 0 Å². The van der Waals surface area contributed by atoms with Gasteiger partial charge in [-0.05, 0) is 31.1 Å². The fourth-order valence-corrected chi connectivity index (χ4v) is 3.73. The van der Waals surface area contributed by atoms with Gasteiger partial charge in [-0.15, -0.1) is 0 Å². The highest BCUT2D eigenvalue weighted by Gasteiger charge is 2.37. The molecule has 0 unspecified atom stereocenters. The Morgan fingerprint density at radius 3 is 2.48 bits per heavy atom. The molecule has 1 aliphatic heterocycles. The first kappa shape index (κ1) is 14.1. The van der Waals surface area contributed by atoms with Crippen LogP contribution in [-0.2, 0) is 0 Å². The second kappa shape index (κ2) is 5.50. The number of hydrogen-bond acceptors (Lipinski definition) is 5. The van der Waals surface area contributed by atoms with Crippen LogP contribution in [0.2, 0.25) is 0 Å². The van der Waals surface area contributed by atoms with Crippen LogP contribution in [-0.4, -0.2) is 30.0 Å². The van der Waals surface area contributed by atoms with Crippen LogP contribution in [0.1, 0.15) is 38.5 Å². The standard InChI is InChI=1S/C15H22N4O2/c1-16-13-10-12(19(20)21)11-14(17-13)18-8-6-15(7-9-18)4-2-3-5-15/h10-11H,2-9H2,1H3,(H,16,17). The molecule has 0 atom stereocenters. The highest BCUT2D eigenvalue weighted by Crippen LogP contribution is 2.46. The van der Waals surface area contributed by atoms with Gasteiger partial charge >= 0.3 is 0 Å². The molecule has 2 heterocycles. The number of aromatic nitrogens is 1. The number of nitro groups is 1. The number of rotatable bonds is 3. The summed E-state index contributed by atoms with van der Waals surface area (Å²) in [6.07, 6.45) is 7.80. The maximum absolute atomic E-state index is 11.0. The minimum atomic E-state index is -0.353. The van der Waals surface area contributed by atoms with Gasteiger partial charge in [0.05, 0.1) is 17.1 Å². The zero-order chi connectivity index (χ0) is 14.9. The molecule has 1 aromatic rings. The molecular weight excluding hydrogens is 268 g/mol. The summed E-state index contributed by atoms with van der Waals surface area (Å²) in [5.41, 5.74) is 0.647. The summed E-state index contributed by atoms with van der Waals surface area (Å²) < 4.78 is 0. The van der Waals surface area contributed by atoms with Crippen molar-refractivity contribution >= 4 is 17.3 Å². The van der Waals surface area contributed by atoms with Crippen molar-refractivity contribution in [3.8, 4) is 0 Å². The number of pyridine rings is 1. The Kier molecular flexibility index (Phi) is 3.69. The Bertz CT molecular complexity index is 530. The van der Waals surface area contributed by atoms with Gasteiger partial charge in [0.2, 0.25) is 0 Å². The lowest BCUT2D eigenvalue weighted by Crippen LogP contribution is -2.39. The first-order valence-corrected chi connectivity index (χ1v) is 7.71. The van der Waals surface area contributed by atoms with E-state index in [0.717, 1.165) is 18.9 Å². The highest BCUT2D eigenvalue weighted by molar-refractivity contribution is 5.56. The van der Waals surface area contributed by atoms with Crippen molar-refractivity contribution < 1.29 is 4.92 Å². The lowest BCUT2D eigenvalue weighted by atomic mass is 9.77. The molecule has 0 amide bonds. The summed E-state index contributed by atoms with van der Waals surface area (Å²) >= 11 is 0. The number of hydrogen-bond donors (Lipinski definition) is 1. The third-order valence-electron chi connectivity index (χ3n) is 5.08. The Morgan fingerprint density at radius 1 is 1.24 bits per heavy atom. The fourth-order valence-electron chi connectivity index (χ4n) is 3.73. The molecule has 114 valence electrons. The minimum Gasteiger partial charge on any atom is -0.373 e. The first-order valence-electron chi connectivity index (χ1n) is 7.71. The molecule has 2 aliphatic rings. The topological polar surface area (TPSA) is 71.3 Å². The maximum atomic E-state index is 11.0. The summed E-state index contributed by atoms with van der Waals surface area (Å²) in [7, 11) is 1.74. The Labute approximate surface area is 124 Å². The zero-order valence-electron chi connectivity index (χ0n) is 12.5. The number of nitrogens with one attached hydrogen (secondary N) is 1. The van der Waals surface area contributed by atoms with E-state index in [1.54, 1.807) is 13.1 Å². The van der Waals surface area contributed by atoms with Crippen molar-refractivity contribution in [1.29, 1.82) is 0 Å². The number of piperidine rings is 1. The van der Waals surface area contributed by atoms with Gasteiger partial charge < -0.3 is 10.2 Å². The molecule has 0 aromatic carbocycles. The molecule has 1 aliphatic carbocycles. The third kappa shape index (κ3) is 2.80. The molecule has 1 spiro atoms. The molecule has 21 heavy (non-hydrogen) atoms. The van der Waals surface area contributed by atoms with Gasteiger partial charge in [-0.1, -0.05) is 12.8 Å². The fraction of sp³-hybridized carbons (Fsp3) is 0.667. The van der Waals surface area contributed by atoms with E-state index in [0.29, 0.717) is 11.2 Å². The number of anilines is 2. The second-order valence-corrected chi connectivity index (χ2v) is 6.27. The average Bonchev–Trinajstić information content (AvgIpc) is 2.95. The lowest BCUT2D eigenvalue weighted by molar-refractivity contribution is -0.384. The quantitative estimate of drug-likeness (QED) is 0.683. The molecule has 0 radical (unpaired) electrons. The van der Waals surface area contributed by atoms with Crippen molar-refractivity contribution in [2.24, 2.45) is 5.41 Å². The van der Waals surface area contributed by atoms with E-state index in [9.17, 15) is 10.1 Å². The molecule has 3 rings (SSSR count). The van der Waals surface area contributed by atoms with Crippen LogP contribution >= 0.6 is 0 Å². The summed E-state index contributed by atoms with van der Waals surface area (Å²) in [5.74, 6) is 1.28. The van der Waals surface area contributed by atoms with Crippen LogP contribution in [0.5, 0.6) is 0 Å². The second-order valence-electron chi connectivity index (χ2n) is 6.27. The first-order chi connectivity index (χ1) is 10.1. The third-order valence-corrected chi connectivity index (χ3v) is 5.08. The van der Waals surface area contributed by atoms with Gasteiger partial charge in [0, 0.05) is 20.1 Å². The van der Waals surface area contributed by atoms with Gasteiger partial charge in [0.1, 0.15) is 11.6 Å². The zero-order valence-corrected chi connectivity index (χ0v) is 12.5. The normalized spacial score (nSPS) is 20.7. The molecule has 2 fully saturated rings. The molecule has 1 saturated heterocycles. The van der Waals surface area contributed by atoms with Crippen LogP contribution in [0.15, 0.2) is 12.1 Å². The highest BCUT2D eigenvalue weighted by atomic mass is 16.6. The van der Waals surface area contributed by atoms with E-state index in [1.807, 2.05) is 0 Å². The molecule has 0 bridgehead atoms. The van der Waals surface area contributed by atoms with E-state index in [1.165, 1.54) is 44.6 Å². The van der Waals surface area contributed by atoms with E-state index in [-0.39, 0.29) is 10.6 Å². The molecular formula is C15H22N4O2. The van der Waals surface area contributed by atoms with Gasteiger partial charge in [0.15, 0.2) is 0 Å². The summed E-state index contributed by atoms with van der Waals surface area (Å²) in [5, 5.41) is 13.9. The maximum Gasteiger partial charge on any atom is 0.276 e. The molecule has 1 N–H and O–H groups in total. The largest absolute Gasteiger partial charge is 0.373 e. The van der Waals surface area contributed by atoms with Crippen molar-refractivity contribution in [1.82, 2.24) is 4.98 Å². The van der Waals surface area contributed by atoms with E-state index in [2.05, 4.69) is 15.2 Å².